The summed E-state index contributed by atoms with van der Waals surface area (Å²) in [5, 5.41) is 5.79. The fourth-order valence-electron chi connectivity index (χ4n) is 3.24. The molecule has 1 atom stereocenters. The summed E-state index contributed by atoms with van der Waals surface area (Å²) >= 11 is 0. The molecule has 2 rings (SSSR count). The summed E-state index contributed by atoms with van der Waals surface area (Å²) in [7, 11) is 0. The van der Waals surface area contributed by atoms with Crippen molar-refractivity contribution in [2.75, 3.05) is 13.1 Å². The van der Waals surface area contributed by atoms with E-state index < -0.39 is 5.41 Å². The molecule has 16 heavy (non-hydrogen) atoms. The van der Waals surface area contributed by atoms with Crippen LogP contribution in [0.5, 0.6) is 0 Å². The maximum Gasteiger partial charge on any atom is 0.233 e. The van der Waals surface area contributed by atoms with E-state index >= 15 is 0 Å². The molecule has 4 nitrogen and oxygen atoms in total. The fraction of sp³-hybridized carbons (Fsp3) is 0.833. The van der Waals surface area contributed by atoms with Crippen molar-refractivity contribution in [2.45, 2.75) is 33.1 Å². The van der Waals surface area contributed by atoms with E-state index in [0.717, 1.165) is 25.9 Å². The lowest BCUT2D eigenvalue weighted by molar-refractivity contribution is -0.134. The summed E-state index contributed by atoms with van der Waals surface area (Å²) < 4.78 is 0. The van der Waals surface area contributed by atoms with Gasteiger partial charge in [-0.2, -0.15) is 0 Å². The molecule has 0 aliphatic carbocycles. The molecule has 1 unspecified atom stereocenters. The van der Waals surface area contributed by atoms with Gasteiger partial charge in [0, 0.05) is 6.42 Å². The molecule has 0 saturated carbocycles. The number of amides is 2. The second-order valence-corrected chi connectivity index (χ2v) is 5.27. The number of rotatable bonds is 2. The lowest BCUT2D eigenvalue weighted by atomic mass is 9.63. The largest absolute Gasteiger partial charge is 0.317 e. The Kier molecular flexibility index (Phi) is 3.02. The van der Waals surface area contributed by atoms with Crippen LogP contribution in [0, 0.1) is 17.3 Å². The van der Waals surface area contributed by atoms with Crippen molar-refractivity contribution < 1.29 is 9.59 Å². The van der Waals surface area contributed by atoms with Gasteiger partial charge in [0.25, 0.3) is 0 Å². The molecule has 2 N–H and O–H groups in total. The zero-order valence-electron chi connectivity index (χ0n) is 10.0. The van der Waals surface area contributed by atoms with Crippen LogP contribution in [-0.2, 0) is 9.59 Å². The maximum absolute atomic E-state index is 12.1. The molecule has 2 heterocycles. The Hall–Kier alpha value is -0.900. The van der Waals surface area contributed by atoms with Crippen molar-refractivity contribution >= 4 is 11.8 Å². The van der Waals surface area contributed by atoms with Crippen molar-refractivity contribution in [3.8, 4) is 0 Å². The second-order valence-electron chi connectivity index (χ2n) is 5.27. The lowest BCUT2D eigenvalue weighted by Gasteiger charge is -2.40. The van der Waals surface area contributed by atoms with E-state index in [1.54, 1.807) is 0 Å². The predicted molar refractivity (Wildman–Crippen MR) is 60.6 cm³/mol. The SMILES string of the molecule is CC(C)C1(C2CCNCC2)CC(=O)NC1=O. The normalized spacial score (nSPS) is 32.2. The molecule has 2 saturated heterocycles. The summed E-state index contributed by atoms with van der Waals surface area (Å²) in [6, 6.07) is 0. The highest BCUT2D eigenvalue weighted by Gasteiger charge is 2.53. The number of hydrogen-bond donors (Lipinski definition) is 2. The van der Waals surface area contributed by atoms with Crippen LogP contribution in [-0.4, -0.2) is 24.9 Å². The van der Waals surface area contributed by atoms with Gasteiger partial charge in [-0.1, -0.05) is 13.8 Å². The van der Waals surface area contributed by atoms with E-state index in [0.29, 0.717) is 12.3 Å². The molecule has 90 valence electrons. The van der Waals surface area contributed by atoms with Crippen molar-refractivity contribution in [1.29, 1.82) is 0 Å². The Morgan fingerprint density at radius 1 is 1.25 bits per heavy atom. The van der Waals surface area contributed by atoms with Crippen molar-refractivity contribution in [1.82, 2.24) is 10.6 Å². The molecule has 0 spiro atoms. The Bertz CT molecular complexity index is 308. The molecule has 0 radical (unpaired) electrons. The van der Waals surface area contributed by atoms with Gasteiger partial charge >= 0.3 is 0 Å². The number of imide groups is 1. The van der Waals surface area contributed by atoms with E-state index in [-0.39, 0.29) is 17.7 Å². The fourth-order valence-corrected chi connectivity index (χ4v) is 3.24. The molecule has 2 fully saturated rings. The standard InChI is InChI=1S/C12H20N2O2/c1-8(2)12(7-10(15)14-11(12)16)9-3-5-13-6-4-9/h8-9,13H,3-7H2,1-2H3,(H,14,15,16). The summed E-state index contributed by atoms with van der Waals surface area (Å²) in [4.78, 5) is 23.6. The summed E-state index contributed by atoms with van der Waals surface area (Å²) in [6.45, 7) is 6.03. The minimum atomic E-state index is -0.445. The van der Waals surface area contributed by atoms with Gasteiger partial charge in [-0.15, -0.1) is 0 Å². The maximum atomic E-state index is 12.1. The van der Waals surface area contributed by atoms with Crippen molar-refractivity contribution in [3.05, 3.63) is 0 Å². The van der Waals surface area contributed by atoms with Crippen LogP contribution in [0.25, 0.3) is 0 Å². The second kappa shape index (κ2) is 4.17. The Morgan fingerprint density at radius 2 is 1.88 bits per heavy atom. The van der Waals surface area contributed by atoms with Gasteiger partial charge in [0.15, 0.2) is 0 Å². The van der Waals surface area contributed by atoms with E-state index in [4.69, 9.17) is 0 Å². The first-order valence-corrected chi connectivity index (χ1v) is 6.12. The van der Waals surface area contributed by atoms with Crippen molar-refractivity contribution in [2.24, 2.45) is 17.3 Å². The predicted octanol–water partition coefficient (Wildman–Crippen LogP) is 0.675. The number of carbonyl (C=O) groups excluding carboxylic acids is 2. The first-order valence-electron chi connectivity index (χ1n) is 6.12. The molecular formula is C12H20N2O2. The van der Waals surface area contributed by atoms with Crippen LogP contribution < -0.4 is 10.6 Å². The third kappa shape index (κ3) is 1.65. The van der Waals surface area contributed by atoms with Crippen LogP contribution >= 0.6 is 0 Å². The average molecular weight is 224 g/mol. The van der Waals surface area contributed by atoms with Crippen LogP contribution in [0.2, 0.25) is 0 Å². The Morgan fingerprint density at radius 3 is 2.31 bits per heavy atom. The topological polar surface area (TPSA) is 58.2 Å². The van der Waals surface area contributed by atoms with Gasteiger partial charge in [-0.05, 0) is 37.8 Å². The van der Waals surface area contributed by atoms with E-state index in [1.165, 1.54) is 0 Å². The van der Waals surface area contributed by atoms with E-state index in [9.17, 15) is 9.59 Å². The molecule has 0 aromatic rings. The highest BCUT2D eigenvalue weighted by Crippen LogP contribution is 2.46. The Balaban J connectivity index is 2.27. The van der Waals surface area contributed by atoms with Crippen LogP contribution in [0.3, 0.4) is 0 Å². The first kappa shape index (κ1) is 11.6. The molecule has 2 aliphatic rings. The van der Waals surface area contributed by atoms with Gasteiger partial charge in [0.2, 0.25) is 11.8 Å². The molecule has 0 aromatic heterocycles. The minimum absolute atomic E-state index is 0.0422. The van der Waals surface area contributed by atoms with Crippen LogP contribution in [0.15, 0.2) is 0 Å². The summed E-state index contributed by atoms with van der Waals surface area (Å²) in [6.07, 6.45) is 2.38. The van der Waals surface area contributed by atoms with Gasteiger partial charge in [0.05, 0.1) is 5.41 Å². The molecule has 4 heteroatoms. The molecule has 0 bridgehead atoms. The summed E-state index contributed by atoms with van der Waals surface area (Å²) in [5.74, 6) is 0.430. The van der Waals surface area contributed by atoms with E-state index in [2.05, 4.69) is 24.5 Å². The van der Waals surface area contributed by atoms with Gasteiger partial charge in [-0.25, -0.2) is 0 Å². The lowest BCUT2D eigenvalue weighted by Crippen LogP contribution is -2.46. The van der Waals surface area contributed by atoms with Crippen molar-refractivity contribution in [3.63, 3.8) is 0 Å². The highest BCUT2D eigenvalue weighted by molar-refractivity contribution is 6.06. The van der Waals surface area contributed by atoms with E-state index in [1.807, 2.05) is 0 Å². The molecular weight excluding hydrogens is 204 g/mol. The van der Waals surface area contributed by atoms with Crippen LogP contribution in [0.1, 0.15) is 33.1 Å². The first-order chi connectivity index (χ1) is 7.57. The van der Waals surface area contributed by atoms with Crippen LogP contribution in [0.4, 0.5) is 0 Å². The number of hydrogen-bond acceptors (Lipinski definition) is 3. The number of piperidine rings is 1. The highest BCUT2D eigenvalue weighted by atomic mass is 16.2. The minimum Gasteiger partial charge on any atom is -0.317 e. The third-order valence-corrected chi connectivity index (χ3v) is 4.23. The zero-order valence-corrected chi connectivity index (χ0v) is 10.0. The number of nitrogens with one attached hydrogen (secondary N) is 2. The average Bonchev–Trinajstić information content (AvgIpc) is 2.56. The zero-order chi connectivity index (χ0) is 11.8. The monoisotopic (exact) mass is 224 g/mol. The molecule has 0 aromatic carbocycles. The summed E-state index contributed by atoms with van der Waals surface area (Å²) in [5.41, 5.74) is -0.445. The van der Waals surface area contributed by atoms with Gasteiger partial charge < -0.3 is 5.32 Å². The quantitative estimate of drug-likeness (QED) is 0.678. The number of carbonyl (C=O) groups is 2. The third-order valence-electron chi connectivity index (χ3n) is 4.23. The molecule has 2 amide bonds. The smallest absolute Gasteiger partial charge is 0.233 e. The Labute approximate surface area is 96.2 Å². The molecule has 2 aliphatic heterocycles. The van der Waals surface area contributed by atoms with Gasteiger partial charge in [-0.3, -0.25) is 14.9 Å². The van der Waals surface area contributed by atoms with Gasteiger partial charge in [0.1, 0.15) is 0 Å².